The maximum absolute atomic E-state index is 12.6. The monoisotopic (exact) mass is 356 g/mol. The van der Waals surface area contributed by atoms with E-state index in [4.69, 9.17) is 16.3 Å². The molecule has 0 spiro atoms. The highest BCUT2D eigenvalue weighted by Crippen LogP contribution is 2.14. The molecule has 0 aliphatic carbocycles. The average Bonchev–Trinajstić information content (AvgIpc) is 2.83. The van der Waals surface area contributed by atoms with Crippen LogP contribution in [0.3, 0.4) is 0 Å². The van der Waals surface area contributed by atoms with E-state index in [1.165, 1.54) is 0 Å². The Kier molecular flexibility index (Phi) is 6.19. The van der Waals surface area contributed by atoms with Gasteiger partial charge in [-0.15, -0.1) is 0 Å². The molecule has 132 valence electrons. The maximum atomic E-state index is 12.6. The van der Waals surface area contributed by atoms with E-state index in [-0.39, 0.29) is 29.9 Å². The molecule has 9 heteroatoms. The van der Waals surface area contributed by atoms with Gasteiger partial charge in [-0.2, -0.15) is 4.98 Å². The average molecular weight is 357 g/mol. The quantitative estimate of drug-likeness (QED) is 0.440. The smallest absolute Gasteiger partial charge is 0.330 e. The van der Waals surface area contributed by atoms with E-state index in [2.05, 4.69) is 9.97 Å². The molecule has 0 aliphatic rings. The van der Waals surface area contributed by atoms with Crippen molar-refractivity contribution in [3.8, 4) is 0 Å². The van der Waals surface area contributed by atoms with E-state index in [1.54, 1.807) is 11.5 Å². The number of esters is 1. The van der Waals surface area contributed by atoms with Crippen LogP contribution in [0.25, 0.3) is 11.2 Å². The number of rotatable bonds is 8. The van der Waals surface area contributed by atoms with Gasteiger partial charge in [0.1, 0.15) is 0 Å². The molecular weight excluding hydrogens is 336 g/mol. The number of carbonyl (C=O) groups excluding carboxylic acids is 1. The van der Waals surface area contributed by atoms with Crippen LogP contribution in [0.5, 0.6) is 0 Å². The van der Waals surface area contributed by atoms with E-state index in [0.717, 1.165) is 11.0 Å². The van der Waals surface area contributed by atoms with Crippen molar-refractivity contribution >= 4 is 28.7 Å². The number of fused-ring (bicyclic) bond motifs is 1. The predicted molar refractivity (Wildman–Crippen MR) is 90.4 cm³/mol. The number of imidazole rings is 1. The van der Waals surface area contributed by atoms with Gasteiger partial charge in [0, 0.05) is 19.5 Å². The number of aromatic nitrogens is 4. The Labute approximate surface area is 143 Å². The van der Waals surface area contributed by atoms with Crippen molar-refractivity contribution in [1.29, 1.82) is 0 Å². The molecule has 24 heavy (non-hydrogen) atoms. The lowest BCUT2D eigenvalue weighted by atomic mass is 10.2. The highest BCUT2D eigenvalue weighted by Gasteiger charge is 2.16. The number of H-pyrrole nitrogens is 1. The summed E-state index contributed by atoms with van der Waals surface area (Å²) in [7, 11) is 0. The summed E-state index contributed by atoms with van der Waals surface area (Å²) in [5.74, 6) is -0.276. The van der Waals surface area contributed by atoms with Crippen LogP contribution in [0.15, 0.2) is 9.59 Å². The second-order valence-corrected chi connectivity index (χ2v) is 5.72. The number of carbonyl (C=O) groups is 1. The van der Waals surface area contributed by atoms with Crippen molar-refractivity contribution in [2.75, 3.05) is 6.61 Å². The van der Waals surface area contributed by atoms with Crippen LogP contribution in [0.2, 0.25) is 5.28 Å². The number of ether oxygens (including phenoxy) is 1. The first-order chi connectivity index (χ1) is 11.5. The second kappa shape index (κ2) is 8.14. The van der Waals surface area contributed by atoms with Crippen molar-refractivity contribution in [3.05, 3.63) is 26.1 Å². The lowest BCUT2D eigenvalue weighted by Gasteiger charge is -2.07. The molecule has 8 nitrogen and oxygen atoms in total. The number of hydrogen-bond acceptors (Lipinski definition) is 5. The molecule has 0 bridgehead atoms. The molecular formula is C15H21ClN4O4. The van der Waals surface area contributed by atoms with Crippen molar-refractivity contribution in [3.63, 3.8) is 0 Å². The first-order valence-corrected chi connectivity index (χ1v) is 8.41. The van der Waals surface area contributed by atoms with E-state index < -0.39 is 11.2 Å². The Morgan fingerprint density at radius 1 is 1.21 bits per heavy atom. The summed E-state index contributed by atoms with van der Waals surface area (Å²) in [5.41, 5.74) is -0.447. The molecule has 2 rings (SSSR count). The van der Waals surface area contributed by atoms with Gasteiger partial charge in [0.25, 0.3) is 5.56 Å². The number of hydrogen-bond donors (Lipinski definition) is 1. The fourth-order valence-electron chi connectivity index (χ4n) is 2.52. The molecule has 2 aromatic heterocycles. The van der Waals surface area contributed by atoms with Gasteiger partial charge < -0.3 is 9.30 Å². The largest absolute Gasteiger partial charge is 0.466 e. The number of unbranched alkanes of at least 4 members (excludes halogenated alkanes) is 1. The number of nitrogens with zero attached hydrogens (tertiary/aromatic N) is 3. The highest BCUT2D eigenvalue weighted by molar-refractivity contribution is 6.29. The fraction of sp³-hybridized carbons (Fsp3) is 0.600. The summed E-state index contributed by atoms with van der Waals surface area (Å²) in [6.07, 6.45) is 2.10. The molecule has 0 aromatic carbocycles. The summed E-state index contributed by atoms with van der Waals surface area (Å²) < 4.78 is 7.57. The highest BCUT2D eigenvalue weighted by atomic mass is 35.5. The molecule has 2 aromatic rings. The van der Waals surface area contributed by atoms with E-state index in [9.17, 15) is 14.4 Å². The summed E-state index contributed by atoms with van der Waals surface area (Å²) in [5, 5.41) is 0.180. The zero-order valence-corrected chi connectivity index (χ0v) is 14.6. The third-order valence-electron chi connectivity index (χ3n) is 3.60. The lowest BCUT2D eigenvalue weighted by molar-refractivity contribution is -0.143. The molecule has 1 N–H and O–H groups in total. The van der Waals surface area contributed by atoms with Crippen molar-refractivity contribution in [2.24, 2.45) is 0 Å². The molecule has 0 saturated carbocycles. The van der Waals surface area contributed by atoms with E-state index in [0.29, 0.717) is 31.5 Å². The van der Waals surface area contributed by atoms with Crippen LogP contribution < -0.4 is 11.2 Å². The molecule has 0 amide bonds. The SMILES string of the molecule is CCCn1c(Cl)nc2[nH]c(=O)n(CCCCC(=O)OCC)c(=O)c21. The zero-order valence-electron chi connectivity index (χ0n) is 13.8. The predicted octanol–water partition coefficient (Wildman–Crippen LogP) is 1.68. The Morgan fingerprint density at radius 3 is 2.62 bits per heavy atom. The zero-order chi connectivity index (χ0) is 17.7. The topological polar surface area (TPSA) is 99.0 Å². The van der Waals surface area contributed by atoms with Crippen LogP contribution >= 0.6 is 11.6 Å². The molecule has 0 aliphatic heterocycles. The van der Waals surface area contributed by atoms with Crippen LogP contribution in [0.4, 0.5) is 0 Å². The molecule has 0 fully saturated rings. The second-order valence-electron chi connectivity index (χ2n) is 5.38. The molecule has 0 saturated heterocycles. The summed E-state index contributed by atoms with van der Waals surface area (Å²) in [4.78, 5) is 42.6. The molecule has 0 radical (unpaired) electrons. The normalized spacial score (nSPS) is 11.1. The van der Waals surface area contributed by atoms with Gasteiger partial charge >= 0.3 is 11.7 Å². The molecule has 0 atom stereocenters. The number of aryl methyl sites for hydroxylation is 1. The van der Waals surface area contributed by atoms with Gasteiger partial charge in [0.05, 0.1) is 6.61 Å². The third kappa shape index (κ3) is 3.87. The first kappa shape index (κ1) is 18.3. The minimum Gasteiger partial charge on any atom is -0.466 e. The van der Waals surface area contributed by atoms with Gasteiger partial charge in [-0.3, -0.25) is 19.1 Å². The Balaban J connectivity index is 2.21. The van der Waals surface area contributed by atoms with Crippen molar-refractivity contribution in [2.45, 2.75) is 52.6 Å². The van der Waals surface area contributed by atoms with Crippen LogP contribution in [-0.2, 0) is 22.6 Å². The summed E-state index contributed by atoms with van der Waals surface area (Å²) >= 11 is 6.04. The minimum absolute atomic E-state index is 0.180. The summed E-state index contributed by atoms with van der Waals surface area (Å²) in [6.45, 7) is 4.81. The van der Waals surface area contributed by atoms with Crippen LogP contribution in [0.1, 0.15) is 39.5 Å². The minimum atomic E-state index is -0.526. The number of nitrogens with one attached hydrogen (secondary N) is 1. The van der Waals surface area contributed by atoms with E-state index in [1.807, 2.05) is 6.92 Å². The Morgan fingerprint density at radius 2 is 1.96 bits per heavy atom. The van der Waals surface area contributed by atoms with Gasteiger partial charge in [0.2, 0.25) is 5.28 Å². The van der Waals surface area contributed by atoms with Gasteiger partial charge in [-0.05, 0) is 37.8 Å². The van der Waals surface area contributed by atoms with Crippen molar-refractivity contribution < 1.29 is 9.53 Å². The third-order valence-corrected chi connectivity index (χ3v) is 3.89. The van der Waals surface area contributed by atoms with Crippen molar-refractivity contribution in [1.82, 2.24) is 19.1 Å². The van der Waals surface area contributed by atoms with Crippen LogP contribution in [-0.4, -0.2) is 31.7 Å². The van der Waals surface area contributed by atoms with Gasteiger partial charge in [-0.1, -0.05) is 6.92 Å². The molecule has 0 unspecified atom stereocenters. The van der Waals surface area contributed by atoms with Gasteiger partial charge in [0.15, 0.2) is 11.2 Å². The first-order valence-electron chi connectivity index (χ1n) is 8.04. The Bertz CT molecular complexity index is 836. The summed E-state index contributed by atoms with van der Waals surface area (Å²) in [6, 6.07) is 0. The number of halogens is 1. The lowest BCUT2D eigenvalue weighted by Crippen LogP contribution is -2.35. The maximum Gasteiger partial charge on any atom is 0.330 e. The van der Waals surface area contributed by atoms with Gasteiger partial charge in [-0.25, -0.2) is 4.79 Å². The Hall–Kier alpha value is -2.09. The fourth-order valence-corrected chi connectivity index (χ4v) is 2.78. The van der Waals surface area contributed by atoms with E-state index >= 15 is 0 Å². The van der Waals surface area contributed by atoms with Crippen LogP contribution in [0, 0.1) is 0 Å². The molecule has 2 heterocycles. The number of aromatic amines is 1. The standard InChI is InChI=1S/C15H21ClN4O4/c1-3-8-19-11-12(17-14(19)16)18-15(23)20(13(11)22)9-6-5-7-10(21)24-4-2/h3-9H2,1-2H3,(H,18,23).